The van der Waals surface area contributed by atoms with E-state index in [1.807, 2.05) is 0 Å². The van der Waals surface area contributed by atoms with E-state index in [4.69, 9.17) is 0 Å². The highest BCUT2D eigenvalue weighted by Crippen LogP contribution is 2.21. The van der Waals surface area contributed by atoms with Gasteiger partial charge >= 0.3 is 0 Å². The highest BCUT2D eigenvalue weighted by atomic mass is 127. The average Bonchev–Trinajstić information content (AvgIpc) is 2.77. The second-order valence-electron chi connectivity index (χ2n) is 3.43. The lowest BCUT2D eigenvalue weighted by Crippen LogP contribution is -2.13. The number of tetrazole rings is 1. The summed E-state index contributed by atoms with van der Waals surface area (Å²) >= 11 is 2.29. The summed E-state index contributed by atoms with van der Waals surface area (Å²) in [7, 11) is 0. The maximum absolute atomic E-state index is 3.90. The number of rotatable bonds is 1. The lowest BCUT2D eigenvalue weighted by molar-refractivity contribution is 0.661. The quantitative estimate of drug-likeness (QED) is 0.812. The van der Waals surface area contributed by atoms with E-state index in [9.17, 15) is 0 Å². The smallest absolute Gasteiger partial charge is 0.247 e. The van der Waals surface area contributed by atoms with Gasteiger partial charge in [0, 0.05) is 9.27 Å². The van der Waals surface area contributed by atoms with Crippen LogP contribution in [0.1, 0.15) is 5.56 Å². The second-order valence-corrected chi connectivity index (χ2v) is 4.68. The molecule has 0 saturated carbocycles. The number of hydrogen-bond donors (Lipinski definition) is 1. The molecule has 0 fully saturated rings. The minimum absolute atomic E-state index is 0.691. The van der Waals surface area contributed by atoms with E-state index >= 15 is 0 Å². The Morgan fingerprint density at radius 3 is 2.88 bits per heavy atom. The second kappa shape index (κ2) is 3.85. The van der Waals surface area contributed by atoms with Crippen LogP contribution in [-0.4, -0.2) is 20.2 Å². The Labute approximate surface area is 106 Å². The zero-order valence-corrected chi connectivity index (χ0v) is 10.4. The number of nitrogens with zero attached hydrogens (tertiary/aromatic N) is 4. The Morgan fingerprint density at radius 1 is 1.25 bits per heavy atom. The van der Waals surface area contributed by atoms with Gasteiger partial charge in [0.2, 0.25) is 5.95 Å². The highest BCUT2D eigenvalue weighted by Gasteiger charge is 2.13. The molecular formula is C10H8IN5. The largest absolute Gasteiger partial charge is 0.323 e. The predicted octanol–water partition coefficient (Wildman–Crippen LogP) is 1.74. The standard InChI is InChI=1S/C10H8IN5/c11-8-3-1-7(2-4-8)9-5-6-16-10(12-9)13-14-15-16/h1-5H,6H2,(H,12,13,15). The van der Waals surface area contributed by atoms with Crippen LogP contribution in [0.4, 0.5) is 5.95 Å². The summed E-state index contributed by atoms with van der Waals surface area (Å²) in [6.45, 7) is 0.705. The number of anilines is 1. The van der Waals surface area contributed by atoms with Gasteiger partial charge < -0.3 is 5.32 Å². The van der Waals surface area contributed by atoms with Crippen LogP contribution in [0.2, 0.25) is 0 Å². The molecule has 0 spiro atoms. The Balaban J connectivity index is 1.92. The molecule has 1 aliphatic heterocycles. The first-order valence-electron chi connectivity index (χ1n) is 4.82. The fourth-order valence-electron chi connectivity index (χ4n) is 1.59. The predicted molar refractivity (Wildman–Crippen MR) is 68.6 cm³/mol. The molecule has 80 valence electrons. The van der Waals surface area contributed by atoms with E-state index in [1.54, 1.807) is 4.68 Å². The summed E-state index contributed by atoms with van der Waals surface area (Å²) in [5, 5.41) is 14.6. The molecule has 1 aromatic heterocycles. The van der Waals surface area contributed by atoms with Crippen LogP contribution in [0.5, 0.6) is 0 Å². The van der Waals surface area contributed by atoms with Crippen molar-refractivity contribution in [1.82, 2.24) is 20.2 Å². The first-order valence-corrected chi connectivity index (χ1v) is 5.90. The van der Waals surface area contributed by atoms with E-state index in [0.29, 0.717) is 12.5 Å². The van der Waals surface area contributed by atoms with Crippen molar-refractivity contribution in [2.24, 2.45) is 0 Å². The Morgan fingerprint density at radius 2 is 2.06 bits per heavy atom. The first-order chi connectivity index (χ1) is 7.83. The maximum Gasteiger partial charge on any atom is 0.247 e. The van der Waals surface area contributed by atoms with Gasteiger partial charge in [-0.3, -0.25) is 0 Å². The number of halogens is 1. The van der Waals surface area contributed by atoms with Gasteiger partial charge in [0.15, 0.2) is 0 Å². The van der Waals surface area contributed by atoms with Crippen LogP contribution in [0.15, 0.2) is 30.3 Å². The van der Waals surface area contributed by atoms with E-state index in [2.05, 4.69) is 73.8 Å². The number of allylic oxidation sites excluding steroid dienone is 1. The van der Waals surface area contributed by atoms with Crippen LogP contribution in [-0.2, 0) is 6.54 Å². The molecule has 5 nitrogen and oxygen atoms in total. The molecule has 2 heterocycles. The number of aromatic nitrogens is 4. The molecule has 1 N–H and O–H groups in total. The molecule has 16 heavy (non-hydrogen) atoms. The molecule has 1 aromatic carbocycles. The van der Waals surface area contributed by atoms with Gasteiger partial charge in [0.1, 0.15) is 0 Å². The summed E-state index contributed by atoms with van der Waals surface area (Å²) in [5.41, 5.74) is 2.20. The minimum atomic E-state index is 0.691. The molecule has 0 atom stereocenters. The van der Waals surface area contributed by atoms with Crippen LogP contribution < -0.4 is 5.32 Å². The van der Waals surface area contributed by atoms with Crippen molar-refractivity contribution in [3.63, 3.8) is 0 Å². The Bertz CT molecular complexity index is 543. The lowest BCUT2D eigenvalue weighted by Gasteiger charge is -2.15. The number of benzene rings is 1. The third-order valence-corrected chi connectivity index (χ3v) is 3.12. The average molecular weight is 325 g/mol. The summed E-state index contributed by atoms with van der Waals surface area (Å²) in [5.74, 6) is 0.691. The first kappa shape index (κ1) is 9.76. The van der Waals surface area contributed by atoms with Crippen LogP contribution in [0, 0.1) is 3.57 Å². The maximum atomic E-state index is 3.90. The van der Waals surface area contributed by atoms with Crippen LogP contribution in [0.3, 0.4) is 0 Å². The molecule has 2 aromatic rings. The summed E-state index contributed by atoms with van der Waals surface area (Å²) < 4.78 is 2.94. The third-order valence-electron chi connectivity index (χ3n) is 2.40. The SMILES string of the molecule is Ic1ccc(C2=CCn3nnnc3N2)cc1. The van der Waals surface area contributed by atoms with E-state index in [1.165, 1.54) is 3.57 Å². The van der Waals surface area contributed by atoms with Gasteiger partial charge in [-0.25, -0.2) is 4.68 Å². The number of fused-ring (bicyclic) bond motifs is 1. The number of hydrogen-bond acceptors (Lipinski definition) is 4. The van der Waals surface area contributed by atoms with Crippen molar-refractivity contribution in [2.75, 3.05) is 5.32 Å². The molecule has 0 radical (unpaired) electrons. The zero-order valence-electron chi connectivity index (χ0n) is 8.26. The van der Waals surface area contributed by atoms with Crippen molar-refractivity contribution < 1.29 is 0 Å². The molecule has 3 rings (SSSR count). The molecule has 6 heteroatoms. The molecule has 0 aliphatic carbocycles. The highest BCUT2D eigenvalue weighted by molar-refractivity contribution is 14.1. The van der Waals surface area contributed by atoms with E-state index in [-0.39, 0.29) is 0 Å². The molecule has 0 bridgehead atoms. The van der Waals surface area contributed by atoms with Gasteiger partial charge in [0.05, 0.1) is 6.54 Å². The van der Waals surface area contributed by atoms with Crippen molar-refractivity contribution in [3.05, 3.63) is 39.5 Å². The topological polar surface area (TPSA) is 55.6 Å². The Kier molecular flexibility index (Phi) is 2.35. The Hall–Kier alpha value is -1.44. The lowest BCUT2D eigenvalue weighted by atomic mass is 10.1. The summed E-state index contributed by atoms with van der Waals surface area (Å²) in [6.07, 6.45) is 2.07. The number of nitrogens with one attached hydrogen (secondary N) is 1. The zero-order chi connectivity index (χ0) is 11.0. The van der Waals surface area contributed by atoms with Gasteiger partial charge in [-0.2, -0.15) is 0 Å². The molecule has 1 aliphatic rings. The van der Waals surface area contributed by atoms with Gasteiger partial charge in [-0.15, -0.1) is 0 Å². The third kappa shape index (κ3) is 1.69. The molecule has 0 amide bonds. The monoisotopic (exact) mass is 325 g/mol. The normalized spacial score (nSPS) is 13.9. The van der Waals surface area contributed by atoms with Gasteiger partial charge in [-0.05, 0) is 56.8 Å². The fraction of sp³-hybridized carbons (Fsp3) is 0.100. The van der Waals surface area contributed by atoms with Crippen LogP contribution >= 0.6 is 22.6 Å². The van der Waals surface area contributed by atoms with E-state index in [0.717, 1.165) is 11.3 Å². The summed E-state index contributed by atoms with van der Waals surface area (Å²) in [6, 6.07) is 8.33. The van der Waals surface area contributed by atoms with Crippen LogP contribution in [0.25, 0.3) is 5.70 Å². The molecular weight excluding hydrogens is 317 g/mol. The van der Waals surface area contributed by atoms with Gasteiger partial charge in [0.25, 0.3) is 0 Å². The van der Waals surface area contributed by atoms with E-state index < -0.39 is 0 Å². The van der Waals surface area contributed by atoms with Crippen molar-refractivity contribution in [1.29, 1.82) is 0 Å². The van der Waals surface area contributed by atoms with Gasteiger partial charge in [-0.1, -0.05) is 17.2 Å². The van der Waals surface area contributed by atoms with Crippen molar-refractivity contribution in [3.8, 4) is 0 Å². The molecule has 0 unspecified atom stereocenters. The van der Waals surface area contributed by atoms with Crippen molar-refractivity contribution in [2.45, 2.75) is 6.54 Å². The molecule has 0 saturated heterocycles. The fourth-order valence-corrected chi connectivity index (χ4v) is 1.95. The summed E-state index contributed by atoms with van der Waals surface area (Å²) in [4.78, 5) is 0. The van der Waals surface area contributed by atoms with Crippen molar-refractivity contribution >= 4 is 34.2 Å². The minimum Gasteiger partial charge on any atom is -0.323 e.